The van der Waals surface area contributed by atoms with E-state index in [1.165, 1.54) is 121 Å². The molecule has 0 saturated heterocycles. The molecule has 0 bridgehead atoms. The molecule has 0 radical (unpaired) electrons. The minimum atomic E-state index is -0.0139. The monoisotopic (exact) mass is 764 g/mol. The lowest BCUT2D eigenvalue weighted by molar-refractivity contribution is 0.195. The third kappa shape index (κ3) is 4.71. The van der Waals surface area contributed by atoms with Gasteiger partial charge in [-0.15, -0.1) is 11.3 Å². The topological polar surface area (TPSA) is 6.48 Å². The number of thiophene rings is 1. The molecule has 288 valence electrons. The van der Waals surface area contributed by atoms with Gasteiger partial charge in [0.15, 0.2) is 0 Å². The Morgan fingerprint density at radius 2 is 1.32 bits per heavy atom. The number of rotatable bonds is 2. The van der Waals surface area contributed by atoms with Gasteiger partial charge in [-0.05, 0) is 148 Å². The first-order valence-corrected chi connectivity index (χ1v) is 22.5. The van der Waals surface area contributed by atoms with Crippen LogP contribution in [0.1, 0.15) is 129 Å². The molecule has 2 unspecified atom stereocenters. The summed E-state index contributed by atoms with van der Waals surface area (Å²) in [6, 6.07) is 36.4. The summed E-state index contributed by atoms with van der Waals surface area (Å²) in [7, 11) is 0. The zero-order chi connectivity index (χ0) is 39.6. The molecule has 1 saturated carbocycles. The molecule has 5 aliphatic rings. The van der Waals surface area contributed by atoms with Crippen LogP contribution in [-0.2, 0) is 21.7 Å². The predicted octanol–water partition coefficient (Wildman–Crippen LogP) is 12.9. The lowest BCUT2D eigenvalue weighted by Gasteiger charge is -2.52. The highest BCUT2D eigenvalue weighted by atomic mass is 32.1. The molecule has 0 amide bonds. The van der Waals surface area contributed by atoms with Crippen LogP contribution in [0.15, 0.2) is 91.0 Å². The summed E-state index contributed by atoms with van der Waals surface area (Å²) < 4.78 is 2.93. The van der Waals surface area contributed by atoms with Crippen LogP contribution in [0.5, 0.6) is 0 Å². The normalized spacial score (nSPS) is 23.5. The SMILES string of the molecule is Cc1cc2c3c(c1)N1c4c(cc(-c5ccccc5)cc4C4(C)CCCCC14C)B3c1sc3cc4c(cc3c1N2c1ccc(C(C)(C)C)cc1)C(C)(C)CCC4(C)C. The van der Waals surface area contributed by atoms with Crippen molar-refractivity contribution >= 4 is 72.3 Å². The van der Waals surface area contributed by atoms with Crippen molar-refractivity contribution < 1.29 is 0 Å². The largest absolute Gasteiger partial charge is 0.335 e. The molecule has 57 heavy (non-hydrogen) atoms. The Hall–Kier alpha value is -4.28. The number of anilines is 5. The number of fused-ring (bicyclic) bond motifs is 10. The molecule has 2 atom stereocenters. The number of aryl methyl sites for hydroxylation is 1. The third-order valence-electron chi connectivity index (χ3n) is 15.8. The van der Waals surface area contributed by atoms with Crippen LogP contribution in [0.4, 0.5) is 28.4 Å². The van der Waals surface area contributed by atoms with Crippen LogP contribution < -0.4 is 25.5 Å². The smallest absolute Gasteiger partial charge is 0.264 e. The van der Waals surface area contributed by atoms with E-state index in [1.807, 2.05) is 0 Å². The highest BCUT2D eigenvalue weighted by molar-refractivity contribution is 7.33. The highest BCUT2D eigenvalue weighted by Crippen LogP contribution is 2.63. The van der Waals surface area contributed by atoms with Crippen molar-refractivity contribution in [3.8, 4) is 11.1 Å². The summed E-state index contributed by atoms with van der Waals surface area (Å²) in [5, 5.41) is 1.42. The summed E-state index contributed by atoms with van der Waals surface area (Å²) in [5.74, 6) is 0. The highest BCUT2D eigenvalue weighted by Gasteiger charge is 2.61. The van der Waals surface area contributed by atoms with Crippen LogP contribution in [0.25, 0.3) is 21.2 Å². The Bertz CT molecular complexity index is 2680. The molecule has 1 aromatic heterocycles. The van der Waals surface area contributed by atoms with E-state index >= 15 is 0 Å². The molecule has 0 spiro atoms. The maximum Gasteiger partial charge on any atom is 0.264 e. The number of benzene rings is 5. The van der Waals surface area contributed by atoms with Gasteiger partial charge in [0.1, 0.15) is 0 Å². The van der Waals surface area contributed by atoms with E-state index in [9.17, 15) is 0 Å². The van der Waals surface area contributed by atoms with Crippen LogP contribution in [0.2, 0.25) is 0 Å². The predicted molar refractivity (Wildman–Crippen MR) is 248 cm³/mol. The van der Waals surface area contributed by atoms with Crippen molar-refractivity contribution in [2.75, 3.05) is 9.80 Å². The van der Waals surface area contributed by atoms with Crippen LogP contribution in [0.3, 0.4) is 0 Å². The van der Waals surface area contributed by atoms with Gasteiger partial charge in [-0.1, -0.05) is 117 Å². The summed E-state index contributed by atoms with van der Waals surface area (Å²) >= 11 is 2.08. The first-order valence-electron chi connectivity index (χ1n) is 21.7. The van der Waals surface area contributed by atoms with E-state index in [-0.39, 0.29) is 33.9 Å². The summed E-state index contributed by atoms with van der Waals surface area (Å²) in [5.41, 5.74) is 20.4. The molecule has 4 heteroatoms. The van der Waals surface area contributed by atoms with E-state index in [0.717, 1.165) is 0 Å². The number of hydrogen-bond acceptors (Lipinski definition) is 3. The van der Waals surface area contributed by atoms with Gasteiger partial charge in [-0.3, -0.25) is 0 Å². The molecule has 11 rings (SSSR count). The zero-order valence-electron chi connectivity index (χ0n) is 35.8. The van der Waals surface area contributed by atoms with Crippen LogP contribution in [-0.4, -0.2) is 12.3 Å². The van der Waals surface area contributed by atoms with Crippen molar-refractivity contribution in [1.29, 1.82) is 0 Å². The molecule has 2 nitrogen and oxygen atoms in total. The van der Waals surface area contributed by atoms with Gasteiger partial charge in [-0.2, -0.15) is 0 Å². The summed E-state index contributed by atoms with van der Waals surface area (Å²) in [6.45, 7) is 24.6. The molecule has 1 fully saturated rings. The Kier molecular flexibility index (Phi) is 7.21. The minimum Gasteiger partial charge on any atom is -0.335 e. The zero-order valence-corrected chi connectivity index (χ0v) is 36.6. The lowest BCUT2D eigenvalue weighted by atomic mass is 9.36. The van der Waals surface area contributed by atoms with Crippen LogP contribution >= 0.6 is 11.3 Å². The third-order valence-corrected chi connectivity index (χ3v) is 17.0. The van der Waals surface area contributed by atoms with E-state index < -0.39 is 0 Å². The van der Waals surface area contributed by atoms with Crippen molar-refractivity contribution in [2.24, 2.45) is 0 Å². The van der Waals surface area contributed by atoms with Gasteiger partial charge in [0.05, 0.1) is 11.2 Å². The van der Waals surface area contributed by atoms with Crippen molar-refractivity contribution in [2.45, 2.75) is 135 Å². The molecule has 0 N–H and O–H groups in total. The maximum atomic E-state index is 2.89. The Labute approximate surface area is 345 Å². The fraction of sp³-hybridized carbons (Fsp3) is 0.396. The molecule has 2 aliphatic carbocycles. The van der Waals surface area contributed by atoms with E-state index in [2.05, 4.69) is 181 Å². The van der Waals surface area contributed by atoms with Gasteiger partial charge in [0.2, 0.25) is 0 Å². The van der Waals surface area contributed by atoms with Crippen molar-refractivity contribution in [1.82, 2.24) is 0 Å². The van der Waals surface area contributed by atoms with E-state index in [1.54, 1.807) is 11.1 Å². The lowest BCUT2D eigenvalue weighted by Crippen LogP contribution is -2.64. The van der Waals surface area contributed by atoms with Crippen molar-refractivity contribution in [3.63, 3.8) is 0 Å². The van der Waals surface area contributed by atoms with E-state index in [4.69, 9.17) is 0 Å². The molecule has 6 aromatic rings. The first-order chi connectivity index (χ1) is 27.0. The fourth-order valence-corrected chi connectivity index (χ4v) is 13.5. The molecule has 4 heterocycles. The molecular formula is C53H57BN2S. The molecular weight excluding hydrogens is 707 g/mol. The van der Waals surface area contributed by atoms with E-state index in [0.29, 0.717) is 0 Å². The Balaban J connectivity index is 1.28. The van der Waals surface area contributed by atoms with Gasteiger partial charge in [0.25, 0.3) is 6.71 Å². The standard InChI is InChI=1S/C53H57BN2S/c1-32-26-42-45-43(27-32)56-47-40(52(9)22-14-15-23-53(52,56)10)28-34(33-16-12-11-13-17-33)29-41(47)54(45)48-46(55(42)36-20-18-35(19-21-36)49(2,3)4)37-30-38-39(31-44(37)57-48)51(7,8)25-24-50(38,5)6/h11-13,16-21,26-31H,14-15,22-25H2,1-10H3. The Morgan fingerprint density at radius 3 is 2.02 bits per heavy atom. The van der Waals surface area contributed by atoms with Gasteiger partial charge < -0.3 is 9.80 Å². The number of nitrogens with zero attached hydrogens (tertiary/aromatic N) is 2. The molecule has 5 aromatic carbocycles. The van der Waals surface area contributed by atoms with Gasteiger partial charge in [0, 0.05) is 43.0 Å². The van der Waals surface area contributed by atoms with Gasteiger partial charge >= 0.3 is 0 Å². The second kappa shape index (κ2) is 11.5. The number of hydrogen-bond donors (Lipinski definition) is 0. The second-order valence-electron chi connectivity index (χ2n) is 21.2. The average Bonchev–Trinajstić information content (AvgIpc) is 3.64. The maximum absolute atomic E-state index is 2.89. The average molecular weight is 765 g/mol. The molecule has 3 aliphatic heterocycles. The van der Waals surface area contributed by atoms with Crippen molar-refractivity contribution in [3.05, 3.63) is 119 Å². The second-order valence-corrected chi connectivity index (χ2v) is 22.3. The Morgan fingerprint density at radius 1 is 0.649 bits per heavy atom. The minimum absolute atomic E-state index is 0.0139. The van der Waals surface area contributed by atoms with Gasteiger partial charge in [-0.25, -0.2) is 0 Å². The van der Waals surface area contributed by atoms with Crippen LogP contribution in [0, 0.1) is 6.92 Å². The quantitative estimate of drug-likeness (QED) is 0.162. The first kappa shape index (κ1) is 35.9. The summed E-state index contributed by atoms with van der Waals surface area (Å²) in [6.07, 6.45) is 7.42. The summed E-state index contributed by atoms with van der Waals surface area (Å²) in [4.78, 5) is 5.58. The fourth-order valence-electron chi connectivity index (χ4n) is 12.2.